The highest BCUT2D eigenvalue weighted by Crippen LogP contribution is 2.23. The molecule has 3 nitrogen and oxygen atoms in total. The normalized spacial score (nSPS) is 10.9. The molecule has 0 atom stereocenters. The molecule has 104 valence electrons. The number of nitrogens with zero attached hydrogens (tertiary/aromatic N) is 1. The zero-order chi connectivity index (χ0) is 14.5. The number of para-hydroxylation sites is 1. The maximum absolute atomic E-state index is 5.74. The number of benzene rings is 2. The molecule has 0 amide bonds. The molecule has 0 saturated carbocycles. The number of hydrazone groups is 1. The highest BCUT2D eigenvalue weighted by atomic mass is 79.9. The van der Waals surface area contributed by atoms with Gasteiger partial charge in [0.1, 0.15) is 11.5 Å². The Morgan fingerprint density at radius 1 is 0.905 bits per heavy atom. The van der Waals surface area contributed by atoms with Crippen molar-refractivity contribution in [1.82, 2.24) is 0 Å². The van der Waals surface area contributed by atoms with Gasteiger partial charge in [0.2, 0.25) is 0 Å². The monoisotopic (exact) mass is 340 g/mol. The number of hydrogen-bond acceptors (Lipinski definition) is 3. The lowest BCUT2D eigenvalue weighted by atomic mass is 10.2. The molecule has 4 heteroatoms. The Labute approximate surface area is 131 Å². The Morgan fingerprint density at radius 2 is 1.67 bits per heavy atom. The van der Waals surface area contributed by atoms with Gasteiger partial charge >= 0.3 is 0 Å². The molecule has 0 radical (unpaired) electrons. The van der Waals surface area contributed by atoms with Crippen LogP contribution in [0, 0.1) is 0 Å². The van der Waals surface area contributed by atoms with Crippen molar-refractivity contribution in [1.29, 1.82) is 0 Å². The third kappa shape index (κ3) is 3.61. The first-order chi connectivity index (χ1) is 10.3. The molecular formula is C17H13BrN2O. The van der Waals surface area contributed by atoms with E-state index >= 15 is 0 Å². The maximum atomic E-state index is 5.74. The molecule has 1 N–H and O–H groups in total. The average Bonchev–Trinajstić information content (AvgIpc) is 2.98. The van der Waals surface area contributed by atoms with Crippen molar-refractivity contribution in [2.75, 3.05) is 5.43 Å². The Balaban J connectivity index is 1.69. The van der Waals surface area contributed by atoms with E-state index in [-0.39, 0.29) is 0 Å². The second-order valence-corrected chi connectivity index (χ2v) is 5.36. The minimum absolute atomic E-state index is 0.705. The molecular weight excluding hydrogens is 328 g/mol. The van der Waals surface area contributed by atoms with Crippen LogP contribution in [0.5, 0.6) is 0 Å². The summed E-state index contributed by atoms with van der Waals surface area (Å²) in [6.45, 7) is 0. The first kappa shape index (κ1) is 13.6. The fourth-order valence-electron chi connectivity index (χ4n) is 1.87. The van der Waals surface area contributed by atoms with Gasteiger partial charge in [-0.05, 0) is 36.4 Å². The van der Waals surface area contributed by atoms with Crippen molar-refractivity contribution >= 4 is 27.8 Å². The van der Waals surface area contributed by atoms with Gasteiger partial charge in [-0.15, -0.1) is 0 Å². The third-order valence-corrected chi connectivity index (χ3v) is 3.44. The molecule has 3 rings (SSSR count). The summed E-state index contributed by atoms with van der Waals surface area (Å²) in [6.07, 6.45) is 1.66. The second kappa shape index (κ2) is 6.41. The molecule has 0 spiro atoms. The average molecular weight is 341 g/mol. The molecule has 21 heavy (non-hydrogen) atoms. The van der Waals surface area contributed by atoms with Crippen LogP contribution in [0.15, 0.2) is 80.7 Å². The van der Waals surface area contributed by atoms with E-state index in [0.29, 0.717) is 5.76 Å². The van der Waals surface area contributed by atoms with Gasteiger partial charge in [-0.3, -0.25) is 5.43 Å². The van der Waals surface area contributed by atoms with Gasteiger partial charge in [-0.2, -0.15) is 5.10 Å². The molecule has 0 aliphatic rings. The van der Waals surface area contributed by atoms with Crippen LogP contribution in [0.1, 0.15) is 5.76 Å². The quantitative estimate of drug-likeness (QED) is 0.526. The lowest BCUT2D eigenvalue weighted by Gasteiger charge is -1.98. The largest absolute Gasteiger partial charge is 0.455 e. The minimum atomic E-state index is 0.705. The van der Waals surface area contributed by atoms with E-state index in [1.807, 2.05) is 66.7 Å². The van der Waals surface area contributed by atoms with Gasteiger partial charge in [-0.1, -0.05) is 46.3 Å². The number of rotatable bonds is 4. The molecule has 0 saturated heterocycles. The summed E-state index contributed by atoms with van der Waals surface area (Å²) in [6, 6.07) is 21.6. The molecule has 0 unspecified atom stereocenters. The smallest absolute Gasteiger partial charge is 0.147 e. The summed E-state index contributed by atoms with van der Waals surface area (Å²) in [5.41, 5.74) is 4.93. The van der Waals surface area contributed by atoms with Crippen molar-refractivity contribution in [3.8, 4) is 11.3 Å². The van der Waals surface area contributed by atoms with Crippen LogP contribution in [-0.4, -0.2) is 6.21 Å². The van der Waals surface area contributed by atoms with Crippen LogP contribution >= 0.6 is 15.9 Å². The van der Waals surface area contributed by atoms with E-state index in [9.17, 15) is 0 Å². The molecule has 1 aromatic heterocycles. The fraction of sp³-hybridized carbons (Fsp3) is 0. The Hall–Kier alpha value is -2.33. The number of nitrogens with one attached hydrogen (secondary N) is 1. The SMILES string of the molecule is Brc1ccc(-c2ccc(/C=N\Nc3ccccc3)o2)cc1. The van der Waals surface area contributed by atoms with Crippen LogP contribution in [0.4, 0.5) is 5.69 Å². The number of anilines is 1. The number of hydrogen-bond donors (Lipinski definition) is 1. The lowest BCUT2D eigenvalue weighted by Crippen LogP contribution is -1.88. The third-order valence-electron chi connectivity index (χ3n) is 2.91. The standard InChI is InChI=1S/C17H13BrN2O/c18-14-8-6-13(7-9-14)17-11-10-16(21-17)12-19-20-15-4-2-1-3-5-15/h1-12,20H/b19-12-. The summed E-state index contributed by atoms with van der Waals surface area (Å²) in [4.78, 5) is 0. The summed E-state index contributed by atoms with van der Waals surface area (Å²) in [5, 5.41) is 4.16. The summed E-state index contributed by atoms with van der Waals surface area (Å²) >= 11 is 3.42. The van der Waals surface area contributed by atoms with Gasteiger partial charge in [0.25, 0.3) is 0 Å². The topological polar surface area (TPSA) is 37.5 Å². The van der Waals surface area contributed by atoms with Crippen molar-refractivity contribution < 1.29 is 4.42 Å². The Morgan fingerprint density at radius 3 is 2.43 bits per heavy atom. The van der Waals surface area contributed by atoms with Crippen LogP contribution in [-0.2, 0) is 0 Å². The Kier molecular flexibility index (Phi) is 4.17. The van der Waals surface area contributed by atoms with E-state index < -0.39 is 0 Å². The highest BCUT2D eigenvalue weighted by molar-refractivity contribution is 9.10. The number of furan rings is 1. The van der Waals surface area contributed by atoms with E-state index in [2.05, 4.69) is 26.5 Å². The minimum Gasteiger partial charge on any atom is -0.455 e. The van der Waals surface area contributed by atoms with Crippen molar-refractivity contribution in [3.05, 3.63) is 77.0 Å². The van der Waals surface area contributed by atoms with E-state index in [1.54, 1.807) is 6.21 Å². The van der Waals surface area contributed by atoms with Crippen molar-refractivity contribution in [2.24, 2.45) is 5.10 Å². The van der Waals surface area contributed by atoms with Crippen LogP contribution in [0.2, 0.25) is 0 Å². The van der Waals surface area contributed by atoms with Gasteiger partial charge in [0.15, 0.2) is 0 Å². The lowest BCUT2D eigenvalue weighted by molar-refractivity contribution is 0.575. The van der Waals surface area contributed by atoms with Crippen LogP contribution in [0.25, 0.3) is 11.3 Å². The highest BCUT2D eigenvalue weighted by Gasteiger charge is 2.03. The van der Waals surface area contributed by atoms with Gasteiger partial charge in [-0.25, -0.2) is 0 Å². The van der Waals surface area contributed by atoms with Crippen molar-refractivity contribution in [3.63, 3.8) is 0 Å². The molecule has 1 heterocycles. The second-order valence-electron chi connectivity index (χ2n) is 4.44. The molecule has 0 bridgehead atoms. The first-order valence-corrected chi connectivity index (χ1v) is 7.30. The van der Waals surface area contributed by atoms with Gasteiger partial charge < -0.3 is 4.42 Å². The molecule has 0 aliphatic heterocycles. The number of halogens is 1. The summed E-state index contributed by atoms with van der Waals surface area (Å²) in [7, 11) is 0. The molecule has 3 aromatic rings. The molecule has 0 aliphatic carbocycles. The molecule has 0 fully saturated rings. The molecule has 2 aromatic carbocycles. The Bertz CT molecular complexity index is 733. The zero-order valence-corrected chi connectivity index (χ0v) is 12.7. The van der Waals surface area contributed by atoms with Crippen LogP contribution < -0.4 is 5.43 Å². The first-order valence-electron chi connectivity index (χ1n) is 6.51. The predicted octanol–water partition coefficient (Wildman–Crippen LogP) is 5.16. The summed E-state index contributed by atoms with van der Waals surface area (Å²) in [5.74, 6) is 1.53. The van der Waals surface area contributed by atoms with Crippen LogP contribution in [0.3, 0.4) is 0 Å². The van der Waals surface area contributed by atoms with E-state index in [0.717, 1.165) is 21.5 Å². The van der Waals surface area contributed by atoms with Crippen molar-refractivity contribution in [2.45, 2.75) is 0 Å². The summed E-state index contributed by atoms with van der Waals surface area (Å²) < 4.78 is 6.79. The van der Waals surface area contributed by atoms with E-state index in [1.165, 1.54) is 0 Å². The maximum Gasteiger partial charge on any atom is 0.147 e. The van der Waals surface area contributed by atoms with Gasteiger partial charge in [0.05, 0.1) is 11.9 Å². The fourth-order valence-corrected chi connectivity index (χ4v) is 2.14. The van der Waals surface area contributed by atoms with E-state index in [4.69, 9.17) is 4.42 Å². The predicted molar refractivity (Wildman–Crippen MR) is 89.5 cm³/mol. The van der Waals surface area contributed by atoms with Gasteiger partial charge in [0, 0.05) is 10.0 Å². The zero-order valence-electron chi connectivity index (χ0n) is 11.2.